The number of halogens is 2. The minimum atomic E-state index is -0.202. The largest absolute Gasteiger partial charge is 0.356 e. The quantitative estimate of drug-likeness (QED) is 0.0241. The molecule has 0 aromatic rings. The number of hydrogen-bond donors (Lipinski definition) is 0. The van der Waals surface area contributed by atoms with Crippen LogP contribution in [0.2, 0.25) is 0 Å². The topological polar surface area (TPSA) is 27.7 Å². The monoisotopic (exact) mass is 746 g/mol. The van der Waals surface area contributed by atoms with Gasteiger partial charge in [-0.1, -0.05) is 147 Å². The van der Waals surface area contributed by atoms with Crippen molar-refractivity contribution in [2.45, 2.75) is 154 Å². The van der Waals surface area contributed by atoms with E-state index in [2.05, 4.69) is 69.5 Å². The molecule has 0 spiro atoms. The zero-order chi connectivity index (χ0) is 27.1. The normalized spacial score (nSPS) is 13.7. The van der Waals surface area contributed by atoms with E-state index in [1.165, 1.54) is 124 Å². The smallest absolute Gasteiger partial charge is 0.160 e. The number of ether oxygens (including phenoxy) is 3. The predicted molar refractivity (Wildman–Crippen MR) is 180 cm³/mol. The van der Waals surface area contributed by atoms with E-state index in [4.69, 9.17) is 14.2 Å². The summed E-state index contributed by atoms with van der Waals surface area (Å²) >= 11 is 4.96. The number of hydrogen-bond acceptors (Lipinski definition) is 3. The van der Waals surface area contributed by atoms with Gasteiger partial charge in [0, 0.05) is 27.1 Å². The van der Waals surface area contributed by atoms with Gasteiger partial charge in [0.15, 0.2) is 12.6 Å². The summed E-state index contributed by atoms with van der Waals surface area (Å²) < 4.78 is 19.8. The standard InChI is InChI=1S/C32H60I2O3/c1-35-31(27-23-19-15-11-7-3-5-9-13-17-21-25-29-33)37-32(36-2)28-24-20-16-12-8-4-6-10-14-18-22-26-30-34/h15-16,19-20,31-32H,3-14,17-18,21-30H2,1-2H3. The molecule has 0 aliphatic heterocycles. The van der Waals surface area contributed by atoms with Crippen molar-refractivity contribution in [2.75, 3.05) is 23.1 Å². The molecule has 220 valence electrons. The Kier molecular flexibility index (Phi) is 33.8. The van der Waals surface area contributed by atoms with Crippen molar-refractivity contribution in [1.82, 2.24) is 0 Å². The van der Waals surface area contributed by atoms with E-state index in [-0.39, 0.29) is 12.6 Å². The lowest BCUT2D eigenvalue weighted by molar-refractivity contribution is -0.232. The van der Waals surface area contributed by atoms with Crippen LogP contribution < -0.4 is 0 Å². The van der Waals surface area contributed by atoms with Crippen LogP contribution in [0.3, 0.4) is 0 Å². The van der Waals surface area contributed by atoms with E-state index in [0.29, 0.717) is 0 Å². The third kappa shape index (κ3) is 29.6. The Morgan fingerprint density at radius 2 is 0.730 bits per heavy atom. The molecule has 0 aliphatic rings. The zero-order valence-electron chi connectivity index (χ0n) is 24.4. The maximum absolute atomic E-state index is 6.05. The Balaban J connectivity index is 3.69. The lowest BCUT2D eigenvalue weighted by atomic mass is 10.1. The predicted octanol–water partition coefficient (Wildman–Crippen LogP) is 11.5. The number of methoxy groups -OCH3 is 2. The van der Waals surface area contributed by atoms with Gasteiger partial charge < -0.3 is 14.2 Å². The molecule has 0 aromatic heterocycles. The molecule has 0 aromatic carbocycles. The van der Waals surface area contributed by atoms with Gasteiger partial charge in [0.05, 0.1) is 0 Å². The van der Waals surface area contributed by atoms with Gasteiger partial charge in [0.25, 0.3) is 0 Å². The van der Waals surface area contributed by atoms with E-state index in [1.807, 2.05) is 0 Å². The maximum Gasteiger partial charge on any atom is 0.160 e. The molecule has 0 N–H and O–H groups in total. The first kappa shape index (κ1) is 37.8. The van der Waals surface area contributed by atoms with Gasteiger partial charge in [0.2, 0.25) is 0 Å². The second kappa shape index (κ2) is 33.0. The lowest BCUT2D eigenvalue weighted by Gasteiger charge is -2.22. The molecule has 5 heteroatoms. The van der Waals surface area contributed by atoms with Crippen LogP contribution in [0.5, 0.6) is 0 Å². The molecular formula is C32H60I2O3. The minimum Gasteiger partial charge on any atom is -0.356 e. The van der Waals surface area contributed by atoms with E-state index in [0.717, 1.165) is 25.7 Å². The summed E-state index contributed by atoms with van der Waals surface area (Å²) in [5.74, 6) is 0. The van der Waals surface area contributed by atoms with Gasteiger partial charge >= 0.3 is 0 Å². The molecule has 0 amide bonds. The minimum absolute atomic E-state index is 0.202. The van der Waals surface area contributed by atoms with Crippen LogP contribution in [0.25, 0.3) is 0 Å². The fourth-order valence-electron chi connectivity index (χ4n) is 4.42. The van der Waals surface area contributed by atoms with Crippen molar-refractivity contribution in [3.63, 3.8) is 0 Å². The number of rotatable bonds is 30. The van der Waals surface area contributed by atoms with E-state index in [9.17, 15) is 0 Å². The van der Waals surface area contributed by atoms with Gasteiger partial charge in [0.1, 0.15) is 0 Å². The summed E-state index contributed by atoms with van der Waals surface area (Å²) in [6.07, 6.45) is 37.2. The molecule has 0 bridgehead atoms. The molecule has 0 heterocycles. The summed E-state index contributed by atoms with van der Waals surface area (Å²) in [5.41, 5.74) is 0. The van der Waals surface area contributed by atoms with Crippen LogP contribution in [0.4, 0.5) is 0 Å². The Labute approximate surface area is 259 Å². The van der Waals surface area contributed by atoms with Crippen molar-refractivity contribution in [3.05, 3.63) is 24.3 Å². The molecule has 0 fully saturated rings. The zero-order valence-corrected chi connectivity index (χ0v) is 28.7. The SMILES string of the molecule is COC(CCC=CCCCCCCCCCCI)OC(CCC=CCCCCCCCCCCI)OC. The molecule has 3 nitrogen and oxygen atoms in total. The molecule has 37 heavy (non-hydrogen) atoms. The fourth-order valence-corrected chi connectivity index (χ4v) is 5.50. The Bertz CT molecular complexity index is 443. The van der Waals surface area contributed by atoms with Crippen LogP contribution in [-0.2, 0) is 14.2 Å². The average molecular weight is 747 g/mol. The lowest BCUT2D eigenvalue weighted by Crippen LogP contribution is -2.25. The Morgan fingerprint density at radius 1 is 0.432 bits per heavy atom. The number of unbranched alkanes of at least 4 members (excludes halogenated alkanes) is 16. The molecular weight excluding hydrogens is 686 g/mol. The first-order chi connectivity index (χ1) is 18.3. The summed E-state index contributed by atoms with van der Waals surface area (Å²) in [4.78, 5) is 0. The molecule has 0 saturated carbocycles. The van der Waals surface area contributed by atoms with Gasteiger partial charge in [-0.15, -0.1) is 0 Å². The third-order valence-corrected chi connectivity index (χ3v) is 8.34. The molecule has 0 rings (SSSR count). The van der Waals surface area contributed by atoms with Crippen molar-refractivity contribution in [1.29, 1.82) is 0 Å². The van der Waals surface area contributed by atoms with E-state index >= 15 is 0 Å². The van der Waals surface area contributed by atoms with Crippen molar-refractivity contribution in [2.24, 2.45) is 0 Å². The summed E-state index contributed by atoms with van der Waals surface area (Å²) in [6, 6.07) is 0. The number of allylic oxidation sites excluding steroid dienone is 4. The van der Waals surface area contributed by atoms with E-state index < -0.39 is 0 Å². The van der Waals surface area contributed by atoms with Crippen LogP contribution in [0, 0.1) is 0 Å². The highest BCUT2D eigenvalue weighted by Gasteiger charge is 2.14. The molecule has 2 unspecified atom stereocenters. The van der Waals surface area contributed by atoms with Gasteiger partial charge in [-0.25, -0.2) is 0 Å². The second-order valence-electron chi connectivity index (χ2n) is 10.2. The highest BCUT2D eigenvalue weighted by molar-refractivity contribution is 14.1. The van der Waals surface area contributed by atoms with E-state index in [1.54, 1.807) is 14.2 Å². The first-order valence-electron chi connectivity index (χ1n) is 15.4. The number of alkyl halides is 2. The maximum atomic E-state index is 6.05. The van der Waals surface area contributed by atoms with Crippen LogP contribution in [0.1, 0.15) is 141 Å². The first-order valence-corrected chi connectivity index (χ1v) is 18.5. The molecule has 0 saturated heterocycles. The fraction of sp³-hybridized carbons (Fsp3) is 0.875. The van der Waals surface area contributed by atoms with Gasteiger partial charge in [-0.3, -0.25) is 0 Å². The van der Waals surface area contributed by atoms with Crippen LogP contribution in [0.15, 0.2) is 24.3 Å². The van der Waals surface area contributed by atoms with Crippen LogP contribution in [-0.4, -0.2) is 35.7 Å². The third-order valence-electron chi connectivity index (χ3n) is 6.81. The summed E-state index contributed by atoms with van der Waals surface area (Å²) in [6.45, 7) is 0. The summed E-state index contributed by atoms with van der Waals surface area (Å²) in [5, 5.41) is 0. The molecule has 2 atom stereocenters. The molecule has 0 aliphatic carbocycles. The Hall–Kier alpha value is 0.820. The van der Waals surface area contributed by atoms with Gasteiger partial charge in [-0.05, 0) is 60.2 Å². The van der Waals surface area contributed by atoms with Crippen LogP contribution >= 0.6 is 45.2 Å². The molecule has 0 radical (unpaired) electrons. The van der Waals surface area contributed by atoms with Crippen molar-refractivity contribution >= 4 is 45.2 Å². The highest BCUT2D eigenvalue weighted by atomic mass is 127. The van der Waals surface area contributed by atoms with Gasteiger partial charge in [-0.2, -0.15) is 0 Å². The Morgan fingerprint density at radius 3 is 1.05 bits per heavy atom. The second-order valence-corrected chi connectivity index (χ2v) is 12.3. The highest BCUT2D eigenvalue weighted by Crippen LogP contribution is 2.15. The van der Waals surface area contributed by atoms with Crippen molar-refractivity contribution < 1.29 is 14.2 Å². The average Bonchev–Trinajstić information content (AvgIpc) is 2.92. The van der Waals surface area contributed by atoms with Crippen molar-refractivity contribution in [3.8, 4) is 0 Å². The summed E-state index contributed by atoms with van der Waals surface area (Å²) in [7, 11) is 3.46.